The first-order valence-corrected chi connectivity index (χ1v) is 10.5. The number of alkyl halides is 2. The first-order chi connectivity index (χ1) is 14.9. The van der Waals surface area contributed by atoms with Crippen molar-refractivity contribution in [1.82, 2.24) is 15.2 Å². The van der Waals surface area contributed by atoms with Gasteiger partial charge < -0.3 is 19.9 Å². The number of carbonyl (C=O) groups is 2. The van der Waals surface area contributed by atoms with Gasteiger partial charge in [-0.25, -0.2) is 0 Å². The maximum absolute atomic E-state index is 12.6. The van der Waals surface area contributed by atoms with E-state index in [0.717, 1.165) is 15.4 Å². The zero-order valence-corrected chi connectivity index (χ0v) is 17.9. The fraction of sp³-hybridized carbons (Fsp3) is 0.273. The minimum atomic E-state index is -2.90. The molecule has 0 aliphatic heterocycles. The predicted molar refractivity (Wildman–Crippen MR) is 115 cm³/mol. The molecule has 2 N–H and O–H groups in total. The molecule has 6 nitrogen and oxygen atoms in total. The molecule has 3 aromatic rings. The summed E-state index contributed by atoms with van der Waals surface area (Å²) in [6.45, 7) is -2.96. The van der Waals surface area contributed by atoms with Crippen LogP contribution in [0.3, 0.4) is 0 Å². The first kappa shape index (κ1) is 21.3. The fourth-order valence-corrected chi connectivity index (χ4v) is 3.98. The molecule has 1 saturated carbocycles. The number of halogens is 3. The number of para-hydroxylation sites is 1. The molecule has 0 spiro atoms. The first-order valence-electron chi connectivity index (χ1n) is 9.75. The number of ether oxygens (including phenoxy) is 1. The zero-order chi connectivity index (χ0) is 22.0. The number of benzene rings is 2. The van der Waals surface area contributed by atoms with Crippen molar-refractivity contribution in [2.24, 2.45) is 0 Å². The van der Waals surface area contributed by atoms with E-state index < -0.39 is 6.61 Å². The number of nitrogens with one attached hydrogen (secondary N) is 2. The van der Waals surface area contributed by atoms with E-state index in [1.165, 1.54) is 6.07 Å². The maximum Gasteiger partial charge on any atom is 0.387 e. The van der Waals surface area contributed by atoms with Crippen LogP contribution in [-0.4, -0.2) is 35.6 Å². The lowest BCUT2D eigenvalue weighted by molar-refractivity contribution is -0.126. The Morgan fingerprint density at radius 3 is 2.77 bits per heavy atom. The van der Waals surface area contributed by atoms with Crippen LogP contribution < -0.4 is 15.4 Å². The summed E-state index contributed by atoms with van der Waals surface area (Å²) >= 11 is 3.42. The van der Waals surface area contributed by atoms with E-state index in [1.54, 1.807) is 18.2 Å². The second kappa shape index (κ2) is 9.05. The van der Waals surface area contributed by atoms with Gasteiger partial charge in [0.15, 0.2) is 0 Å². The monoisotopic (exact) mass is 491 g/mol. The van der Waals surface area contributed by atoms with Gasteiger partial charge in [0, 0.05) is 28.1 Å². The molecular weight excluding hydrogens is 472 g/mol. The van der Waals surface area contributed by atoms with Crippen LogP contribution in [0.5, 0.6) is 5.75 Å². The third kappa shape index (κ3) is 5.22. The van der Waals surface area contributed by atoms with Gasteiger partial charge in [0.1, 0.15) is 12.3 Å². The molecule has 9 heteroatoms. The minimum Gasteiger partial charge on any atom is -0.435 e. The third-order valence-electron chi connectivity index (χ3n) is 5.17. The number of fused-ring (bicyclic) bond motifs is 1. The lowest BCUT2D eigenvalue weighted by atomic mass is 10.1. The van der Waals surface area contributed by atoms with Crippen molar-refractivity contribution >= 4 is 38.6 Å². The number of hydrogen-bond donors (Lipinski definition) is 2. The van der Waals surface area contributed by atoms with Crippen molar-refractivity contribution < 1.29 is 23.1 Å². The molecule has 31 heavy (non-hydrogen) atoms. The van der Waals surface area contributed by atoms with E-state index >= 15 is 0 Å². The van der Waals surface area contributed by atoms with Crippen LogP contribution in [0, 0.1) is 0 Å². The molecule has 2 amide bonds. The highest BCUT2D eigenvalue weighted by Gasteiger charge is 2.41. The molecule has 0 bridgehead atoms. The van der Waals surface area contributed by atoms with Gasteiger partial charge in [-0.05, 0) is 41.6 Å². The molecule has 2 atom stereocenters. The Morgan fingerprint density at radius 1 is 1.16 bits per heavy atom. The summed E-state index contributed by atoms with van der Waals surface area (Å²) in [7, 11) is 0. The van der Waals surface area contributed by atoms with Gasteiger partial charge in [0.2, 0.25) is 11.8 Å². The Balaban J connectivity index is 1.27. The van der Waals surface area contributed by atoms with Gasteiger partial charge in [-0.2, -0.15) is 8.78 Å². The summed E-state index contributed by atoms with van der Waals surface area (Å²) in [6.07, 6.45) is 2.46. The smallest absolute Gasteiger partial charge is 0.387 e. The van der Waals surface area contributed by atoms with Crippen LogP contribution in [0.25, 0.3) is 10.9 Å². The number of hydrogen-bond acceptors (Lipinski definition) is 3. The molecule has 4 rings (SSSR count). The number of carbonyl (C=O) groups excluding carboxylic acids is 2. The van der Waals surface area contributed by atoms with Gasteiger partial charge in [0.25, 0.3) is 0 Å². The van der Waals surface area contributed by atoms with E-state index in [0.29, 0.717) is 12.0 Å². The lowest BCUT2D eigenvalue weighted by Gasteiger charge is -2.11. The Labute approximate surface area is 185 Å². The molecule has 1 fully saturated rings. The third-order valence-corrected chi connectivity index (χ3v) is 5.66. The van der Waals surface area contributed by atoms with Gasteiger partial charge >= 0.3 is 6.61 Å². The fourth-order valence-electron chi connectivity index (χ4n) is 3.63. The highest BCUT2D eigenvalue weighted by Crippen LogP contribution is 2.44. The molecule has 0 saturated heterocycles. The van der Waals surface area contributed by atoms with Crippen molar-refractivity contribution in [3.05, 3.63) is 64.8 Å². The standard InChI is InChI=1S/C22H20BrF2N3O3/c23-14-6-5-13-7-8-28(18(13)9-14)12-21(30)26-11-20(29)27-17-10-16(17)15-3-1-2-4-19(15)31-22(24)25/h1-9,16-17,22H,10-12H2,(H,26,30)(H,27,29)/t16-,17+/m1/s1. The summed E-state index contributed by atoms with van der Waals surface area (Å²) in [5.41, 5.74) is 1.56. The maximum atomic E-state index is 12.6. The normalized spacial score (nSPS) is 17.5. The van der Waals surface area contributed by atoms with Crippen LogP contribution in [0.2, 0.25) is 0 Å². The minimum absolute atomic E-state index is 0.0840. The molecule has 0 radical (unpaired) electrons. The van der Waals surface area contributed by atoms with E-state index in [9.17, 15) is 18.4 Å². The second-order valence-electron chi connectivity index (χ2n) is 7.36. The number of nitrogens with zero attached hydrogens (tertiary/aromatic N) is 1. The van der Waals surface area contributed by atoms with Crippen molar-refractivity contribution in [3.63, 3.8) is 0 Å². The number of amides is 2. The van der Waals surface area contributed by atoms with Crippen molar-refractivity contribution in [3.8, 4) is 5.75 Å². The van der Waals surface area contributed by atoms with E-state index in [4.69, 9.17) is 0 Å². The highest BCUT2D eigenvalue weighted by atomic mass is 79.9. The average molecular weight is 492 g/mol. The van der Waals surface area contributed by atoms with Crippen molar-refractivity contribution in [1.29, 1.82) is 0 Å². The van der Waals surface area contributed by atoms with Gasteiger partial charge in [-0.15, -0.1) is 0 Å². The Morgan fingerprint density at radius 2 is 1.97 bits per heavy atom. The zero-order valence-electron chi connectivity index (χ0n) is 16.4. The van der Waals surface area contributed by atoms with Gasteiger partial charge in [0.05, 0.1) is 6.54 Å². The number of rotatable bonds is 8. The summed E-state index contributed by atoms with van der Waals surface area (Å²) in [5.74, 6) is -0.568. The van der Waals surface area contributed by atoms with Crippen LogP contribution >= 0.6 is 15.9 Å². The summed E-state index contributed by atoms with van der Waals surface area (Å²) < 4.78 is 32.4. The molecule has 2 aromatic carbocycles. The molecule has 1 aromatic heterocycles. The topological polar surface area (TPSA) is 72.4 Å². The largest absolute Gasteiger partial charge is 0.435 e. The molecule has 1 heterocycles. The molecule has 162 valence electrons. The van der Waals surface area contributed by atoms with Crippen LogP contribution in [0.4, 0.5) is 8.78 Å². The SMILES string of the molecule is O=C(Cn1ccc2ccc(Br)cc21)NCC(=O)N[C@H]1C[C@@H]1c1ccccc1OC(F)F. The molecular formula is C22H20BrF2N3O3. The quantitative estimate of drug-likeness (QED) is 0.503. The van der Waals surface area contributed by atoms with E-state index in [1.807, 2.05) is 35.0 Å². The molecule has 1 aliphatic carbocycles. The van der Waals surface area contributed by atoms with E-state index in [2.05, 4.69) is 31.3 Å². The summed E-state index contributed by atoms with van der Waals surface area (Å²) in [5, 5.41) is 6.46. The molecule has 0 unspecified atom stereocenters. The summed E-state index contributed by atoms with van der Waals surface area (Å²) in [6, 6.07) is 14.1. The Kier molecular flexibility index (Phi) is 6.22. The van der Waals surface area contributed by atoms with Crippen molar-refractivity contribution in [2.45, 2.75) is 31.5 Å². The van der Waals surface area contributed by atoms with Crippen LogP contribution in [0.1, 0.15) is 17.9 Å². The Hall–Kier alpha value is -2.94. The number of aromatic nitrogens is 1. The highest BCUT2D eigenvalue weighted by molar-refractivity contribution is 9.10. The van der Waals surface area contributed by atoms with Gasteiger partial charge in [-0.1, -0.05) is 40.2 Å². The van der Waals surface area contributed by atoms with E-state index in [-0.39, 0.29) is 42.6 Å². The Bertz CT molecular complexity index is 1120. The second-order valence-corrected chi connectivity index (χ2v) is 8.27. The van der Waals surface area contributed by atoms with Gasteiger partial charge in [-0.3, -0.25) is 9.59 Å². The summed E-state index contributed by atoms with van der Waals surface area (Å²) in [4.78, 5) is 24.5. The van der Waals surface area contributed by atoms with Crippen LogP contribution in [-0.2, 0) is 16.1 Å². The predicted octanol–water partition coefficient (Wildman–Crippen LogP) is 3.79. The van der Waals surface area contributed by atoms with Crippen LogP contribution in [0.15, 0.2) is 59.2 Å². The molecule has 1 aliphatic rings. The lowest BCUT2D eigenvalue weighted by Crippen LogP contribution is -2.39. The van der Waals surface area contributed by atoms with Crippen molar-refractivity contribution in [2.75, 3.05) is 6.54 Å². The average Bonchev–Trinajstić information content (AvgIpc) is 3.38.